The lowest BCUT2D eigenvalue weighted by Crippen LogP contribution is -2.28. The van der Waals surface area contributed by atoms with E-state index in [9.17, 15) is 9.59 Å². The molecule has 2 aromatic carbocycles. The van der Waals surface area contributed by atoms with Crippen LogP contribution in [0.4, 0.5) is 11.4 Å². The number of amides is 2. The number of aryl methyl sites for hydroxylation is 2. The highest BCUT2D eigenvalue weighted by molar-refractivity contribution is 6.10. The molecular formula is C20H22N2O3. The molecule has 1 atom stereocenters. The van der Waals surface area contributed by atoms with Gasteiger partial charge in [-0.3, -0.25) is 9.59 Å². The average molecular weight is 338 g/mol. The van der Waals surface area contributed by atoms with Gasteiger partial charge >= 0.3 is 0 Å². The van der Waals surface area contributed by atoms with Crippen molar-refractivity contribution in [1.82, 2.24) is 0 Å². The van der Waals surface area contributed by atoms with Crippen molar-refractivity contribution in [2.24, 2.45) is 0 Å². The van der Waals surface area contributed by atoms with Crippen molar-refractivity contribution in [3.8, 4) is 0 Å². The lowest BCUT2D eigenvalue weighted by molar-refractivity contribution is -0.124. The SMILES string of the molecule is Cc1ccc(C)c(NC(=O)c2ccccc2NC(=O)[C@H]2CCCO2)c1. The summed E-state index contributed by atoms with van der Waals surface area (Å²) in [5.41, 5.74) is 3.74. The molecule has 3 rings (SSSR count). The standard InChI is InChI=1S/C20H22N2O3/c1-13-9-10-14(2)17(12-13)22-19(23)15-6-3-4-7-16(15)21-20(24)18-8-5-11-25-18/h3-4,6-7,9-10,12,18H,5,8,11H2,1-2H3,(H,21,24)(H,22,23)/t18-/m1/s1. The Hall–Kier alpha value is -2.66. The summed E-state index contributed by atoms with van der Waals surface area (Å²) >= 11 is 0. The fourth-order valence-electron chi connectivity index (χ4n) is 2.85. The third-order valence-corrected chi connectivity index (χ3v) is 4.29. The Balaban J connectivity index is 1.78. The molecule has 0 saturated carbocycles. The predicted molar refractivity (Wildman–Crippen MR) is 97.9 cm³/mol. The number of para-hydroxylation sites is 1. The van der Waals surface area contributed by atoms with Crippen molar-refractivity contribution in [1.29, 1.82) is 0 Å². The molecule has 1 aliphatic heterocycles. The van der Waals surface area contributed by atoms with Crippen LogP contribution in [0.5, 0.6) is 0 Å². The molecule has 0 aliphatic carbocycles. The quantitative estimate of drug-likeness (QED) is 0.894. The van der Waals surface area contributed by atoms with Crippen LogP contribution in [-0.2, 0) is 9.53 Å². The van der Waals surface area contributed by atoms with Gasteiger partial charge in [-0.1, -0.05) is 24.3 Å². The van der Waals surface area contributed by atoms with E-state index in [4.69, 9.17) is 4.74 Å². The molecule has 2 aromatic rings. The first kappa shape index (κ1) is 17.2. The van der Waals surface area contributed by atoms with Gasteiger partial charge < -0.3 is 15.4 Å². The van der Waals surface area contributed by atoms with Crippen molar-refractivity contribution in [2.75, 3.05) is 17.2 Å². The number of carbonyl (C=O) groups is 2. The third kappa shape index (κ3) is 4.06. The highest BCUT2D eigenvalue weighted by Crippen LogP contribution is 2.22. The highest BCUT2D eigenvalue weighted by atomic mass is 16.5. The van der Waals surface area contributed by atoms with Gasteiger partial charge in [0.05, 0.1) is 11.3 Å². The van der Waals surface area contributed by atoms with Crippen LogP contribution in [0.2, 0.25) is 0 Å². The average Bonchev–Trinajstić information content (AvgIpc) is 3.13. The van der Waals surface area contributed by atoms with Gasteiger partial charge in [0.15, 0.2) is 0 Å². The first-order chi connectivity index (χ1) is 12.0. The summed E-state index contributed by atoms with van der Waals surface area (Å²) in [7, 11) is 0. The maximum absolute atomic E-state index is 12.7. The molecule has 0 aromatic heterocycles. The molecular weight excluding hydrogens is 316 g/mol. The molecule has 0 unspecified atom stereocenters. The first-order valence-electron chi connectivity index (χ1n) is 8.44. The predicted octanol–water partition coefficient (Wildman–Crippen LogP) is 3.67. The number of nitrogens with one attached hydrogen (secondary N) is 2. The highest BCUT2D eigenvalue weighted by Gasteiger charge is 2.24. The molecule has 2 N–H and O–H groups in total. The van der Waals surface area contributed by atoms with Crippen LogP contribution in [0.15, 0.2) is 42.5 Å². The van der Waals surface area contributed by atoms with Gasteiger partial charge in [-0.05, 0) is 56.0 Å². The van der Waals surface area contributed by atoms with Crippen LogP contribution in [0.3, 0.4) is 0 Å². The smallest absolute Gasteiger partial charge is 0.257 e. The molecule has 5 nitrogen and oxygen atoms in total. The first-order valence-corrected chi connectivity index (χ1v) is 8.44. The Labute approximate surface area is 147 Å². The third-order valence-electron chi connectivity index (χ3n) is 4.29. The van der Waals surface area contributed by atoms with E-state index in [1.54, 1.807) is 24.3 Å². The Kier molecular flexibility index (Phi) is 5.14. The van der Waals surface area contributed by atoms with Gasteiger partial charge in [-0.25, -0.2) is 0 Å². The second kappa shape index (κ2) is 7.49. The van der Waals surface area contributed by atoms with Gasteiger partial charge in [0.25, 0.3) is 11.8 Å². The van der Waals surface area contributed by atoms with E-state index >= 15 is 0 Å². The summed E-state index contributed by atoms with van der Waals surface area (Å²) < 4.78 is 5.40. The van der Waals surface area contributed by atoms with Gasteiger partial charge in [-0.2, -0.15) is 0 Å². The molecule has 25 heavy (non-hydrogen) atoms. The number of benzene rings is 2. The van der Waals surface area contributed by atoms with E-state index in [0.717, 1.165) is 23.2 Å². The number of carbonyl (C=O) groups excluding carboxylic acids is 2. The Morgan fingerprint density at radius 3 is 2.60 bits per heavy atom. The molecule has 1 fully saturated rings. The van der Waals surface area contributed by atoms with Crippen LogP contribution in [0.1, 0.15) is 34.3 Å². The van der Waals surface area contributed by atoms with Crippen molar-refractivity contribution in [3.63, 3.8) is 0 Å². The summed E-state index contributed by atoms with van der Waals surface area (Å²) in [6, 6.07) is 12.9. The minimum atomic E-state index is -0.435. The lowest BCUT2D eigenvalue weighted by Gasteiger charge is -2.15. The van der Waals surface area contributed by atoms with Crippen LogP contribution in [-0.4, -0.2) is 24.5 Å². The summed E-state index contributed by atoms with van der Waals surface area (Å²) in [6.07, 6.45) is 1.16. The van der Waals surface area contributed by atoms with Crippen molar-refractivity contribution < 1.29 is 14.3 Å². The Bertz CT molecular complexity index is 795. The van der Waals surface area contributed by atoms with Crippen LogP contribution >= 0.6 is 0 Å². The topological polar surface area (TPSA) is 67.4 Å². The summed E-state index contributed by atoms with van der Waals surface area (Å²) in [5.74, 6) is -0.457. The van der Waals surface area contributed by atoms with E-state index < -0.39 is 6.10 Å². The van der Waals surface area contributed by atoms with E-state index in [0.29, 0.717) is 24.3 Å². The molecule has 5 heteroatoms. The van der Waals surface area contributed by atoms with Crippen molar-refractivity contribution >= 4 is 23.2 Å². The minimum Gasteiger partial charge on any atom is -0.368 e. The molecule has 2 amide bonds. The molecule has 1 aliphatic rings. The maximum Gasteiger partial charge on any atom is 0.257 e. The van der Waals surface area contributed by atoms with Gasteiger partial charge in [0.2, 0.25) is 0 Å². The maximum atomic E-state index is 12.7. The number of rotatable bonds is 4. The summed E-state index contributed by atoms with van der Waals surface area (Å²) in [5, 5.41) is 5.75. The molecule has 0 bridgehead atoms. The Morgan fingerprint density at radius 1 is 1.04 bits per heavy atom. The van der Waals surface area contributed by atoms with Gasteiger partial charge in [0, 0.05) is 12.3 Å². The number of hydrogen-bond donors (Lipinski definition) is 2. The molecule has 0 spiro atoms. The molecule has 130 valence electrons. The lowest BCUT2D eigenvalue weighted by atomic mass is 10.1. The van der Waals surface area contributed by atoms with E-state index in [-0.39, 0.29) is 11.8 Å². The monoisotopic (exact) mass is 338 g/mol. The van der Waals surface area contributed by atoms with E-state index in [1.165, 1.54) is 0 Å². The van der Waals surface area contributed by atoms with E-state index in [2.05, 4.69) is 10.6 Å². The zero-order valence-electron chi connectivity index (χ0n) is 14.5. The van der Waals surface area contributed by atoms with Gasteiger partial charge in [0.1, 0.15) is 6.10 Å². The van der Waals surface area contributed by atoms with Crippen molar-refractivity contribution in [3.05, 3.63) is 59.2 Å². The fraction of sp³-hybridized carbons (Fsp3) is 0.300. The zero-order chi connectivity index (χ0) is 17.8. The largest absolute Gasteiger partial charge is 0.368 e. The normalized spacial score (nSPS) is 16.5. The van der Waals surface area contributed by atoms with E-state index in [1.807, 2.05) is 32.0 Å². The summed E-state index contributed by atoms with van der Waals surface area (Å²) in [4.78, 5) is 25.0. The molecule has 0 radical (unpaired) electrons. The number of hydrogen-bond acceptors (Lipinski definition) is 3. The van der Waals surface area contributed by atoms with Crippen LogP contribution < -0.4 is 10.6 Å². The second-order valence-corrected chi connectivity index (χ2v) is 6.31. The zero-order valence-corrected chi connectivity index (χ0v) is 14.5. The van der Waals surface area contributed by atoms with Crippen LogP contribution in [0, 0.1) is 13.8 Å². The number of anilines is 2. The molecule has 1 saturated heterocycles. The van der Waals surface area contributed by atoms with Crippen molar-refractivity contribution in [2.45, 2.75) is 32.8 Å². The number of ether oxygens (including phenoxy) is 1. The fourth-order valence-corrected chi connectivity index (χ4v) is 2.85. The summed E-state index contributed by atoms with van der Waals surface area (Å²) in [6.45, 7) is 4.53. The van der Waals surface area contributed by atoms with Gasteiger partial charge in [-0.15, -0.1) is 0 Å². The second-order valence-electron chi connectivity index (χ2n) is 6.31. The molecule has 1 heterocycles. The minimum absolute atomic E-state index is 0.204. The van der Waals surface area contributed by atoms with Crippen LogP contribution in [0.25, 0.3) is 0 Å². The Morgan fingerprint density at radius 2 is 1.84 bits per heavy atom.